The third-order valence-electron chi connectivity index (χ3n) is 12.0. The highest BCUT2D eigenvalue weighted by Crippen LogP contribution is 2.50. The standard InChI is InChI=1S/C50H33BN2S/c1-30-12-10-13-31(2)45(30)35-28-40-46-37-17-7-6-16-34(37)24-27-42(46)53(36-25-22-33(23-26-36)32-14-4-3-5-15-32)51-41-20-11-19-39-47-38-18-8-9-21-44(38)54-50(47)52(49(39)41)43(29-35)48(40)51/h3-29H,1-2H3. The van der Waals surface area contributed by atoms with E-state index in [0.717, 1.165) is 0 Å². The summed E-state index contributed by atoms with van der Waals surface area (Å²) in [6.45, 7) is 4.49. The third-order valence-corrected chi connectivity index (χ3v) is 13.2. The van der Waals surface area contributed by atoms with Crippen LogP contribution in [0, 0.1) is 13.8 Å². The number of aromatic nitrogens is 1. The first-order valence-electron chi connectivity index (χ1n) is 18.8. The van der Waals surface area contributed by atoms with Crippen molar-refractivity contribution in [2.24, 2.45) is 0 Å². The molecule has 0 unspecified atom stereocenters. The van der Waals surface area contributed by atoms with Gasteiger partial charge in [0.1, 0.15) is 4.83 Å². The fraction of sp³-hybridized carbons (Fsp3) is 0.0400. The first kappa shape index (κ1) is 30.1. The van der Waals surface area contributed by atoms with Gasteiger partial charge < -0.3 is 9.38 Å². The number of hydrogen-bond acceptors (Lipinski definition) is 2. The SMILES string of the molecule is Cc1cccc(C)c1-c1cc2c3c(c1)-n1c4sc5ccccc5c4c4cccc(c41)B3N(c1ccc(-c3ccccc3)cc1)c1ccc3ccccc3c1-2. The van der Waals surface area contributed by atoms with Gasteiger partial charge in [0.2, 0.25) is 0 Å². The predicted molar refractivity (Wildman–Crippen MR) is 233 cm³/mol. The Bertz CT molecular complexity index is 3170. The van der Waals surface area contributed by atoms with Crippen molar-refractivity contribution in [3.8, 4) is 39.1 Å². The lowest BCUT2D eigenvalue weighted by Gasteiger charge is -2.42. The molecular weight excluding hydrogens is 671 g/mol. The molecule has 0 spiro atoms. The highest BCUT2D eigenvalue weighted by atomic mass is 32.1. The molecule has 0 saturated heterocycles. The minimum Gasteiger partial charge on any atom is -0.376 e. The number of aryl methyl sites for hydroxylation is 2. The summed E-state index contributed by atoms with van der Waals surface area (Å²) in [4.78, 5) is 3.96. The highest BCUT2D eigenvalue weighted by Gasteiger charge is 2.44. The Morgan fingerprint density at radius 1 is 0.519 bits per heavy atom. The van der Waals surface area contributed by atoms with Crippen LogP contribution in [0.4, 0.5) is 11.4 Å². The molecule has 54 heavy (non-hydrogen) atoms. The van der Waals surface area contributed by atoms with Gasteiger partial charge in [0.15, 0.2) is 0 Å². The van der Waals surface area contributed by atoms with Gasteiger partial charge in [-0.3, -0.25) is 0 Å². The zero-order valence-electron chi connectivity index (χ0n) is 30.0. The summed E-state index contributed by atoms with van der Waals surface area (Å²) in [5.41, 5.74) is 18.0. The van der Waals surface area contributed by atoms with Gasteiger partial charge in [-0.05, 0) is 111 Å². The second-order valence-corrected chi connectivity index (χ2v) is 16.0. The molecule has 0 aliphatic carbocycles. The van der Waals surface area contributed by atoms with Crippen LogP contribution in [0.25, 0.3) is 81.0 Å². The van der Waals surface area contributed by atoms with Crippen LogP contribution in [-0.2, 0) is 0 Å². The lowest BCUT2D eigenvalue weighted by atomic mass is 9.43. The Morgan fingerprint density at radius 2 is 1.22 bits per heavy atom. The van der Waals surface area contributed by atoms with Gasteiger partial charge in [-0.15, -0.1) is 11.3 Å². The number of anilines is 2. The van der Waals surface area contributed by atoms with E-state index in [2.05, 4.69) is 187 Å². The van der Waals surface area contributed by atoms with Gasteiger partial charge in [-0.1, -0.05) is 127 Å². The topological polar surface area (TPSA) is 8.17 Å². The number of benzene rings is 8. The summed E-state index contributed by atoms with van der Waals surface area (Å²) in [5.74, 6) is 0. The molecule has 252 valence electrons. The summed E-state index contributed by atoms with van der Waals surface area (Å²) in [6.07, 6.45) is 0. The summed E-state index contributed by atoms with van der Waals surface area (Å²) in [6, 6.07) is 61.3. The van der Waals surface area contributed by atoms with E-state index in [9.17, 15) is 0 Å². The van der Waals surface area contributed by atoms with Crippen LogP contribution in [0.5, 0.6) is 0 Å². The largest absolute Gasteiger partial charge is 0.376 e. The van der Waals surface area contributed by atoms with Gasteiger partial charge >= 0.3 is 6.85 Å². The van der Waals surface area contributed by atoms with E-state index in [-0.39, 0.29) is 6.85 Å². The monoisotopic (exact) mass is 704 g/mol. The smallest absolute Gasteiger partial charge is 0.333 e. The fourth-order valence-corrected chi connectivity index (χ4v) is 11.0. The summed E-state index contributed by atoms with van der Waals surface area (Å²) in [5, 5.41) is 6.56. The molecule has 2 aliphatic heterocycles. The summed E-state index contributed by atoms with van der Waals surface area (Å²) < 4.78 is 3.96. The zero-order valence-corrected chi connectivity index (χ0v) is 30.8. The average molecular weight is 705 g/mol. The molecule has 0 N–H and O–H groups in total. The third kappa shape index (κ3) is 4.01. The Kier molecular flexibility index (Phi) is 6.19. The molecule has 2 aromatic heterocycles. The van der Waals surface area contributed by atoms with E-state index in [0.29, 0.717) is 0 Å². The van der Waals surface area contributed by atoms with Crippen molar-refractivity contribution in [2.45, 2.75) is 13.8 Å². The quantitative estimate of drug-likeness (QED) is 0.166. The molecule has 2 nitrogen and oxygen atoms in total. The average Bonchev–Trinajstić information content (AvgIpc) is 3.75. The lowest BCUT2D eigenvalue weighted by Crippen LogP contribution is -2.60. The Morgan fingerprint density at radius 3 is 2.06 bits per heavy atom. The maximum atomic E-state index is 2.64. The number of hydrogen-bond donors (Lipinski definition) is 0. The molecule has 0 amide bonds. The molecule has 12 rings (SSSR count). The van der Waals surface area contributed by atoms with Gasteiger partial charge in [-0.2, -0.15) is 0 Å². The molecule has 4 heteroatoms. The first-order valence-corrected chi connectivity index (χ1v) is 19.6. The van der Waals surface area contributed by atoms with E-state index >= 15 is 0 Å². The minimum absolute atomic E-state index is 0.0234. The van der Waals surface area contributed by atoms with Crippen molar-refractivity contribution < 1.29 is 0 Å². The number of thiophene rings is 1. The van der Waals surface area contributed by atoms with Crippen LogP contribution >= 0.6 is 11.3 Å². The summed E-state index contributed by atoms with van der Waals surface area (Å²) in [7, 11) is 0. The maximum absolute atomic E-state index is 2.64. The Hall–Kier alpha value is -6.36. The molecule has 0 fully saturated rings. The van der Waals surface area contributed by atoms with Crippen molar-refractivity contribution in [2.75, 3.05) is 4.81 Å². The van der Waals surface area contributed by atoms with Gasteiger partial charge in [0.25, 0.3) is 0 Å². The molecule has 10 aromatic rings. The maximum Gasteiger partial charge on any atom is 0.333 e. The normalized spacial score (nSPS) is 12.9. The van der Waals surface area contributed by atoms with Gasteiger partial charge in [0.05, 0.1) is 5.52 Å². The predicted octanol–water partition coefficient (Wildman–Crippen LogP) is 12.3. The number of nitrogens with zero attached hydrogens (tertiary/aromatic N) is 2. The fourth-order valence-electron chi connectivity index (χ4n) is 9.79. The van der Waals surface area contributed by atoms with Crippen LogP contribution in [0.3, 0.4) is 0 Å². The van der Waals surface area contributed by atoms with Crippen molar-refractivity contribution in [1.29, 1.82) is 0 Å². The Labute approximate surface area is 318 Å². The number of para-hydroxylation sites is 1. The molecule has 8 aromatic carbocycles. The van der Waals surface area contributed by atoms with E-state index in [1.54, 1.807) is 0 Å². The van der Waals surface area contributed by atoms with E-state index < -0.39 is 0 Å². The molecule has 4 heterocycles. The van der Waals surface area contributed by atoms with Crippen LogP contribution in [0.1, 0.15) is 11.1 Å². The molecule has 2 aliphatic rings. The second kappa shape index (κ2) is 11.1. The molecule has 0 atom stereocenters. The molecule has 0 bridgehead atoms. The minimum atomic E-state index is -0.0234. The Balaban J connectivity index is 1.25. The van der Waals surface area contributed by atoms with E-state index in [1.165, 1.54) is 114 Å². The van der Waals surface area contributed by atoms with Crippen molar-refractivity contribution in [1.82, 2.24) is 4.57 Å². The van der Waals surface area contributed by atoms with Crippen LogP contribution in [0.2, 0.25) is 0 Å². The lowest BCUT2D eigenvalue weighted by molar-refractivity contribution is 1.19. The second-order valence-electron chi connectivity index (χ2n) is 14.9. The molecule has 0 radical (unpaired) electrons. The van der Waals surface area contributed by atoms with Crippen molar-refractivity contribution in [3.05, 3.63) is 175 Å². The van der Waals surface area contributed by atoms with Gasteiger partial charge in [-0.25, -0.2) is 0 Å². The zero-order chi connectivity index (χ0) is 35.7. The van der Waals surface area contributed by atoms with Gasteiger partial charge in [0, 0.05) is 43.5 Å². The number of fused-ring (bicyclic) bond motifs is 11. The van der Waals surface area contributed by atoms with Crippen LogP contribution < -0.4 is 15.7 Å². The van der Waals surface area contributed by atoms with Crippen molar-refractivity contribution in [3.63, 3.8) is 0 Å². The van der Waals surface area contributed by atoms with Crippen molar-refractivity contribution >= 4 is 82.5 Å². The molecular formula is C50H33BN2S. The summed E-state index contributed by atoms with van der Waals surface area (Å²) >= 11 is 1.92. The van der Waals surface area contributed by atoms with Crippen LogP contribution in [0.15, 0.2) is 164 Å². The van der Waals surface area contributed by atoms with E-state index in [4.69, 9.17) is 0 Å². The first-order chi connectivity index (χ1) is 26.6. The number of rotatable bonds is 3. The van der Waals surface area contributed by atoms with E-state index in [1.807, 2.05) is 11.3 Å². The molecule has 0 saturated carbocycles. The van der Waals surface area contributed by atoms with Crippen LogP contribution in [-0.4, -0.2) is 11.4 Å². The highest BCUT2D eigenvalue weighted by molar-refractivity contribution is 7.26.